The molecule has 6 amide bonds. The van der Waals surface area contributed by atoms with E-state index in [2.05, 4.69) is 26.3 Å². The van der Waals surface area contributed by atoms with Crippen LogP contribution in [0.4, 0.5) is 0 Å². The van der Waals surface area contributed by atoms with Gasteiger partial charge in [0.2, 0.25) is 35.4 Å². The normalized spacial score (nSPS) is 19.5. The third-order valence-corrected chi connectivity index (χ3v) is 14.9. The Balaban J connectivity index is 1.89. The summed E-state index contributed by atoms with van der Waals surface area (Å²) in [5.74, 6) is -10.7. The van der Waals surface area contributed by atoms with Gasteiger partial charge >= 0.3 is 5.97 Å². The van der Waals surface area contributed by atoms with Crippen LogP contribution in [0.25, 0.3) is 0 Å². The number of likely N-dealkylation sites (N-methyl/N-ethyl adjacent to an activating group) is 1. The van der Waals surface area contributed by atoms with Gasteiger partial charge in [-0.1, -0.05) is 78.3 Å². The number of guanidine groups is 1. The number of aliphatic hydroxyl groups excluding tert-OH is 2. The van der Waals surface area contributed by atoms with Crippen LogP contribution in [0.3, 0.4) is 0 Å². The highest BCUT2D eigenvalue weighted by atomic mass is 16.4. The molecule has 2 heterocycles. The smallest absolute Gasteiger partial charge is 0.305 e. The largest absolute Gasteiger partial charge is 0.481 e. The second-order valence-corrected chi connectivity index (χ2v) is 22.6. The van der Waals surface area contributed by atoms with Gasteiger partial charge in [0.1, 0.15) is 18.1 Å². The molecule has 0 saturated carbocycles. The summed E-state index contributed by atoms with van der Waals surface area (Å²) in [7, 11) is 7.33. The fraction of sp³-hybridized carbons (Fsp3) is 0.696. The van der Waals surface area contributed by atoms with Crippen molar-refractivity contribution < 1.29 is 63.3 Å². The molecule has 2 aliphatic rings. The SMILES string of the molecule is [B]N1CCC[C@H](C(=O)N[C@@H](Cc2ccccc2)C(=O)C[C@H](CCO)C(=O)N[C@@H](CC(C)C)C(=O)N2C[C@H](O)C[C@H]2C(=O)N(C)[C@@H](CC(C)C)C(=O)N[C@@H](CC(=O)O)C(=O)C[C@@H](CCCN=C(N)N)C(=O)N[C@H](C(C)=O)C(C)CC)C1. The van der Waals surface area contributed by atoms with Crippen molar-refractivity contribution in [1.29, 1.82) is 0 Å². The number of benzene rings is 1. The van der Waals surface area contributed by atoms with Crippen LogP contribution >= 0.6 is 0 Å². The quantitative estimate of drug-likeness (QED) is 0.0197. The zero-order valence-electron chi connectivity index (χ0n) is 48.1. The van der Waals surface area contributed by atoms with E-state index in [4.69, 9.17) is 19.4 Å². The number of hydrogen-bond donors (Lipinski definition) is 9. The van der Waals surface area contributed by atoms with Gasteiger partial charge in [-0.2, -0.15) is 0 Å². The number of rotatable bonds is 34. The summed E-state index contributed by atoms with van der Waals surface area (Å²) in [5.41, 5.74) is 11.7. The molecule has 11 N–H and O–H groups in total. The van der Waals surface area contributed by atoms with Crippen LogP contribution < -0.4 is 32.7 Å². The Morgan fingerprint density at radius 1 is 0.800 bits per heavy atom. The van der Waals surface area contributed by atoms with Crippen LogP contribution in [-0.2, 0) is 54.4 Å². The fourth-order valence-corrected chi connectivity index (χ4v) is 10.3. The number of nitrogens with two attached hydrogens (primary N) is 2. The molecule has 2 saturated heterocycles. The average Bonchev–Trinajstić information content (AvgIpc) is 3.79. The molecule has 2 aliphatic heterocycles. The molecule has 0 aliphatic carbocycles. The number of hydrogen-bond acceptors (Lipinski definition) is 14. The highest BCUT2D eigenvalue weighted by Crippen LogP contribution is 2.26. The highest BCUT2D eigenvalue weighted by molar-refractivity contribution is 6.04. The number of Topliss-reactive ketones (excluding diaryl/α,β-unsaturated/α-hetero) is 3. The summed E-state index contributed by atoms with van der Waals surface area (Å²) in [4.78, 5) is 146. The first kappa shape index (κ1) is 68.0. The Bertz CT molecular complexity index is 2300. The number of carboxylic acid groups (broad SMARTS) is 1. The predicted octanol–water partition coefficient (Wildman–Crippen LogP) is 0.541. The van der Waals surface area contributed by atoms with Crippen molar-refractivity contribution in [2.75, 3.05) is 39.8 Å². The summed E-state index contributed by atoms with van der Waals surface area (Å²) < 4.78 is 0. The maximum absolute atomic E-state index is 14.7. The number of ketones is 3. The Kier molecular flexibility index (Phi) is 28.5. The molecule has 3 rings (SSSR count). The van der Waals surface area contributed by atoms with Gasteiger partial charge in [0.15, 0.2) is 31.3 Å². The van der Waals surface area contributed by atoms with E-state index in [1.807, 2.05) is 39.0 Å². The van der Waals surface area contributed by atoms with E-state index in [0.29, 0.717) is 32.4 Å². The summed E-state index contributed by atoms with van der Waals surface area (Å²) in [6, 6.07) is 1.48. The number of carboxylic acids is 1. The molecule has 24 heteroatoms. The third kappa shape index (κ3) is 22.0. The molecular formula is C56H89BN10O13. The van der Waals surface area contributed by atoms with Gasteiger partial charge in [-0.05, 0) is 94.7 Å². The molecule has 444 valence electrons. The molecular weight excluding hydrogens is 1030 g/mol. The number of carbonyl (C=O) groups excluding carboxylic acids is 9. The molecule has 1 aromatic rings. The Morgan fingerprint density at radius 3 is 1.96 bits per heavy atom. The van der Waals surface area contributed by atoms with Crippen LogP contribution in [-0.4, -0.2) is 185 Å². The van der Waals surface area contributed by atoms with E-state index < -0.39 is 133 Å². The fourth-order valence-electron chi connectivity index (χ4n) is 10.3. The molecule has 0 aromatic heterocycles. The number of nitrogens with one attached hydrogen (secondary N) is 4. The van der Waals surface area contributed by atoms with E-state index in [-0.39, 0.29) is 93.4 Å². The number of aliphatic imine (C=N–C) groups is 1. The Hall–Kier alpha value is -6.27. The first-order valence-corrected chi connectivity index (χ1v) is 28.1. The molecule has 1 unspecified atom stereocenters. The molecule has 1 aromatic carbocycles. The van der Waals surface area contributed by atoms with Crippen molar-refractivity contribution in [3.8, 4) is 0 Å². The van der Waals surface area contributed by atoms with E-state index in [0.717, 1.165) is 15.4 Å². The summed E-state index contributed by atoms with van der Waals surface area (Å²) in [6.07, 6.45) is -1.13. The van der Waals surface area contributed by atoms with Crippen LogP contribution in [0.1, 0.15) is 131 Å². The Labute approximate surface area is 472 Å². The molecule has 23 nitrogen and oxygen atoms in total. The predicted molar refractivity (Wildman–Crippen MR) is 300 cm³/mol. The van der Waals surface area contributed by atoms with E-state index in [1.54, 1.807) is 37.7 Å². The Morgan fingerprint density at radius 2 is 1.40 bits per heavy atom. The summed E-state index contributed by atoms with van der Waals surface area (Å²) in [5, 5.41) is 42.1. The second kappa shape index (κ2) is 33.5. The van der Waals surface area contributed by atoms with Gasteiger partial charge in [-0.15, -0.1) is 0 Å². The highest BCUT2D eigenvalue weighted by Gasteiger charge is 2.45. The summed E-state index contributed by atoms with van der Waals surface area (Å²) in [6.45, 7) is 12.4. The van der Waals surface area contributed by atoms with Crippen molar-refractivity contribution in [2.24, 2.45) is 52.0 Å². The lowest BCUT2D eigenvalue weighted by molar-refractivity contribution is -0.149. The van der Waals surface area contributed by atoms with Gasteiger partial charge < -0.3 is 62.7 Å². The number of β-amino-alcohol motifs (C(OH)–C–C–N with tert-alkyl or cyclic N) is 1. The molecule has 80 heavy (non-hydrogen) atoms. The number of carbonyl (C=O) groups is 10. The number of likely N-dealkylation sites (tertiary alicyclic amines) is 1. The van der Waals surface area contributed by atoms with Crippen molar-refractivity contribution in [3.05, 3.63) is 35.9 Å². The lowest BCUT2D eigenvalue weighted by Gasteiger charge is -2.35. The van der Waals surface area contributed by atoms with Crippen LogP contribution in [0.15, 0.2) is 35.3 Å². The molecule has 0 spiro atoms. The minimum atomic E-state index is -1.67. The second-order valence-electron chi connectivity index (χ2n) is 22.6. The standard InChI is InChI=1S/C56H89BN10O13/c1-9-34(6)49(35(7)69)64-51(76)37(17-13-20-60-56(58)59)26-47(72)42(29-48(73)74)62-53(78)44(24-33(4)5)65(8)55(80)45-28-40(70)31-67(45)54(79)43(23-32(2)3)63-50(75)38(19-22-68)27-46(71)41(25-36-15-11-10-12-16-36)61-52(77)39-18-14-21-66(57)30-39/h10-12,15-16,32-34,37-45,49,68,70H,9,13-14,17-31H2,1-8H3,(H,61,77)(H,62,78)(H,63,75)(H,64,76)(H,73,74)(H4,58,59,60)/t34?,37-,38+,39+,40-,41+,42+,43+,44+,45+,49+/m1/s1. The maximum atomic E-state index is 14.7. The maximum Gasteiger partial charge on any atom is 0.305 e. The number of aliphatic hydroxyl groups is 2. The first-order chi connectivity index (χ1) is 37.7. The van der Waals surface area contributed by atoms with Gasteiger partial charge in [0.25, 0.3) is 0 Å². The van der Waals surface area contributed by atoms with Crippen LogP contribution in [0.2, 0.25) is 0 Å². The van der Waals surface area contributed by atoms with Crippen molar-refractivity contribution in [1.82, 2.24) is 35.9 Å². The average molecular weight is 1120 g/mol. The topological polar surface area (TPSA) is 354 Å². The van der Waals surface area contributed by atoms with Crippen molar-refractivity contribution in [2.45, 2.75) is 174 Å². The number of nitrogens with zero attached hydrogens (tertiary/aromatic N) is 4. The number of amides is 6. The van der Waals surface area contributed by atoms with Crippen molar-refractivity contribution >= 4 is 72.7 Å². The van der Waals surface area contributed by atoms with Crippen LogP contribution in [0.5, 0.6) is 0 Å². The molecule has 0 bridgehead atoms. The molecule has 11 atom stereocenters. The van der Waals surface area contributed by atoms with Crippen LogP contribution in [0, 0.1) is 35.5 Å². The monoisotopic (exact) mass is 1120 g/mol. The molecule has 2 fully saturated rings. The minimum absolute atomic E-state index is 0.00289. The third-order valence-electron chi connectivity index (χ3n) is 14.9. The van der Waals surface area contributed by atoms with Gasteiger partial charge in [0.05, 0.1) is 30.7 Å². The van der Waals surface area contributed by atoms with Gasteiger partial charge in [-0.3, -0.25) is 52.9 Å². The van der Waals surface area contributed by atoms with Gasteiger partial charge in [0, 0.05) is 63.8 Å². The van der Waals surface area contributed by atoms with E-state index in [1.165, 1.54) is 14.0 Å². The minimum Gasteiger partial charge on any atom is -0.481 e. The lowest BCUT2D eigenvalue weighted by atomic mass is 9.90. The molecule has 2 radical (unpaired) electrons. The zero-order valence-corrected chi connectivity index (χ0v) is 48.1. The van der Waals surface area contributed by atoms with E-state index >= 15 is 0 Å². The lowest BCUT2D eigenvalue weighted by Crippen LogP contribution is -2.58. The van der Waals surface area contributed by atoms with Crippen molar-refractivity contribution in [3.63, 3.8) is 0 Å². The number of aliphatic carboxylic acids is 1. The van der Waals surface area contributed by atoms with E-state index in [9.17, 15) is 63.3 Å². The zero-order chi connectivity index (χ0) is 60.0. The number of piperidine rings is 1. The first-order valence-electron chi connectivity index (χ1n) is 28.1. The summed E-state index contributed by atoms with van der Waals surface area (Å²) >= 11 is 0. The van der Waals surface area contributed by atoms with Gasteiger partial charge in [-0.25, -0.2) is 0 Å².